The molecule has 0 radical (unpaired) electrons. The molecule has 0 aliphatic heterocycles. The van der Waals surface area contributed by atoms with Crippen LogP contribution in [0.3, 0.4) is 0 Å². The monoisotopic (exact) mass is 285 g/mol. The van der Waals surface area contributed by atoms with E-state index in [1.165, 1.54) is 22.8 Å². The van der Waals surface area contributed by atoms with Crippen molar-refractivity contribution >= 4 is 17.4 Å². The zero-order valence-electron chi connectivity index (χ0n) is 11.0. The average Bonchev–Trinajstić information content (AvgIpc) is 2.88. The molecule has 21 heavy (non-hydrogen) atoms. The molecule has 106 valence electrons. The molecule has 3 N–H and O–H groups in total. The third-order valence-electron chi connectivity index (χ3n) is 3.00. The average molecular weight is 285 g/mol. The van der Waals surface area contributed by atoms with Gasteiger partial charge >= 0.3 is 0 Å². The maximum atomic E-state index is 13.1. The molecular formula is C14H12FN5O. The smallest absolute Gasteiger partial charge is 0.254 e. The van der Waals surface area contributed by atoms with E-state index in [1.54, 1.807) is 18.3 Å². The van der Waals surface area contributed by atoms with Crippen molar-refractivity contribution in [3.05, 3.63) is 59.7 Å². The van der Waals surface area contributed by atoms with E-state index in [0.717, 1.165) is 5.56 Å². The number of amides is 1. The third-order valence-corrected chi connectivity index (χ3v) is 3.00. The lowest BCUT2D eigenvalue weighted by atomic mass is 10.2. The highest BCUT2D eigenvalue weighted by molar-refractivity contribution is 5.98. The molecule has 2 heterocycles. The van der Waals surface area contributed by atoms with Crippen LogP contribution >= 0.6 is 0 Å². The Kier molecular flexibility index (Phi) is 3.23. The first-order valence-corrected chi connectivity index (χ1v) is 6.26. The maximum absolute atomic E-state index is 13.1. The number of rotatable bonds is 4. The van der Waals surface area contributed by atoms with Crippen molar-refractivity contribution < 1.29 is 9.18 Å². The molecule has 0 saturated carbocycles. The molecule has 0 bridgehead atoms. The number of hydrogen-bond donors (Lipinski definition) is 2. The number of hydrogen-bond acceptors (Lipinski definition) is 4. The van der Waals surface area contributed by atoms with Gasteiger partial charge in [-0.3, -0.25) is 4.79 Å². The number of primary amides is 1. The number of anilines is 1. The fraction of sp³-hybridized carbons (Fsp3) is 0.0714. The van der Waals surface area contributed by atoms with E-state index in [-0.39, 0.29) is 11.4 Å². The zero-order chi connectivity index (χ0) is 14.8. The van der Waals surface area contributed by atoms with Crippen LogP contribution in [0.1, 0.15) is 15.9 Å². The Balaban J connectivity index is 1.84. The highest BCUT2D eigenvalue weighted by Gasteiger charge is 2.11. The number of nitrogens with one attached hydrogen (secondary N) is 1. The van der Waals surface area contributed by atoms with Crippen molar-refractivity contribution in [2.75, 3.05) is 5.32 Å². The molecule has 1 amide bonds. The SMILES string of the molecule is NC(=O)c1cnn2ccc(NCc3cccc(F)c3)nc12. The first-order valence-electron chi connectivity index (χ1n) is 6.26. The normalized spacial score (nSPS) is 10.7. The summed E-state index contributed by atoms with van der Waals surface area (Å²) in [5, 5.41) is 7.05. The van der Waals surface area contributed by atoms with Gasteiger partial charge in [0.15, 0.2) is 5.65 Å². The minimum absolute atomic E-state index is 0.254. The lowest BCUT2D eigenvalue weighted by Gasteiger charge is -2.06. The summed E-state index contributed by atoms with van der Waals surface area (Å²) in [5.74, 6) is -0.320. The van der Waals surface area contributed by atoms with Gasteiger partial charge in [0, 0.05) is 12.7 Å². The van der Waals surface area contributed by atoms with Crippen molar-refractivity contribution in [2.24, 2.45) is 5.73 Å². The maximum Gasteiger partial charge on any atom is 0.254 e. The van der Waals surface area contributed by atoms with E-state index in [0.29, 0.717) is 18.0 Å². The largest absolute Gasteiger partial charge is 0.366 e. The topological polar surface area (TPSA) is 85.3 Å². The highest BCUT2D eigenvalue weighted by atomic mass is 19.1. The first kappa shape index (κ1) is 13.0. The van der Waals surface area contributed by atoms with Crippen LogP contribution in [0.25, 0.3) is 5.65 Å². The van der Waals surface area contributed by atoms with Crippen LogP contribution in [0, 0.1) is 5.82 Å². The van der Waals surface area contributed by atoms with E-state index >= 15 is 0 Å². The zero-order valence-corrected chi connectivity index (χ0v) is 11.0. The Morgan fingerprint density at radius 1 is 1.38 bits per heavy atom. The summed E-state index contributed by atoms with van der Waals surface area (Å²) in [6.45, 7) is 0.418. The molecular weight excluding hydrogens is 273 g/mol. The number of benzene rings is 1. The van der Waals surface area contributed by atoms with Crippen molar-refractivity contribution in [3.8, 4) is 0 Å². The number of fused-ring (bicyclic) bond motifs is 1. The van der Waals surface area contributed by atoms with Crippen LogP contribution < -0.4 is 11.1 Å². The molecule has 7 heteroatoms. The van der Waals surface area contributed by atoms with E-state index in [4.69, 9.17) is 5.73 Å². The van der Waals surface area contributed by atoms with Crippen LogP contribution in [0.5, 0.6) is 0 Å². The van der Waals surface area contributed by atoms with Gasteiger partial charge in [0.2, 0.25) is 0 Å². The van der Waals surface area contributed by atoms with Gasteiger partial charge in [-0.25, -0.2) is 13.9 Å². The molecule has 6 nitrogen and oxygen atoms in total. The molecule has 2 aromatic heterocycles. The standard InChI is InChI=1S/C14H12FN5O/c15-10-3-1-2-9(6-10)7-17-12-4-5-20-14(19-12)11(8-18-20)13(16)21/h1-6,8H,7H2,(H2,16,21)(H,17,19). The molecule has 0 atom stereocenters. The minimum atomic E-state index is -0.584. The van der Waals surface area contributed by atoms with E-state index in [1.807, 2.05) is 6.07 Å². The lowest BCUT2D eigenvalue weighted by molar-refractivity contribution is 0.100. The number of nitrogens with two attached hydrogens (primary N) is 1. The lowest BCUT2D eigenvalue weighted by Crippen LogP contribution is -2.11. The second kappa shape index (κ2) is 5.20. The Labute approximate surface area is 119 Å². The van der Waals surface area contributed by atoms with Crippen LogP contribution in [0.4, 0.5) is 10.2 Å². The predicted molar refractivity (Wildman–Crippen MR) is 75.2 cm³/mol. The van der Waals surface area contributed by atoms with Gasteiger partial charge in [0.25, 0.3) is 5.91 Å². The van der Waals surface area contributed by atoms with Crippen molar-refractivity contribution in [1.29, 1.82) is 0 Å². The van der Waals surface area contributed by atoms with Gasteiger partial charge in [-0.15, -0.1) is 0 Å². The summed E-state index contributed by atoms with van der Waals surface area (Å²) in [5.41, 5.74) is 6.69. The van der Waals surface area contributed by atoms with Gasteiger partial charge in [0.1, 0.15) is 17.2 Å². The molecule has 1 aromatic carbocycles. The Morgan fingerprint density at radius 2 is 2.24 bits per heavy atom. The molecule has 3 rings (SSSR count). The van der Waals surface area contributed by atoms with Crippen LogP contribution in [-0.2, 0) is 6.54 Å². The fourth-order valence-electron chi connectivity index (χ4n) is 1.98. The summed E-state index contributed by atoms with van der Waals surface area (Å²) < 4.78 is 14.6. The quantitative estimate of drug-likeness (QED) is 0.762. The van der Waals surface area contributed by atoms with E-state index < -0.39 is 5.91 Å². The Bertz CT molecular complexity index is 814. The van der Waals surface area contributed by atoms with E-state index in [2.05, 4.69) is 15.4 Å². The number of nitrogens with zero attached hydrogens (tertiary/aromatic N) is 3. The molecule has 0 saturated heterocycles. The van der Waals surface area contributed by atoms with Crippen molar-refractivity contribution in [1.82, 2.24) is 14.6 Å². The third kappa shape index (κ3) is 2.66. The molecule has 0 aliphatic rings. The van der Waals surface area contributed by atoms with Crippen molar-refractivity contribution in [3.63, 3.8) is 0 Å². The van der Waals surface area contributed by atoms with Gasteiger partial charge in [0.05, 0.1) is 6.20 Å². The summed E-state index contributed by atoms with van der Waals surface area (Å²) in [6, 6.07) is 8.00. The van der Waals surface area contributed by atoms with Gasteiger partial charge < -0.3 is 11.1 Å². The van der Waals surface area contributed by atoms with Crippen molar-refractivity contribution in [2.45, 2.75) is 6.54 Å². The number of aromatic nitrogens is 3. The second-order valence-corrected chi connectivity index (χ2v) is 4.49. The van der Waals surface area contributed by atoms with Crippen LogP contribution in [-0.4, -0.2) is 20.5 Å². The number of carbonyl (C=O) groups excluding carboxylic acids is 1. The molecule has 0 fully saturated rings. The number of halogens is 1. The summed E-state index contributed by atoms with van der Waals surface area (Å²) in [7, 11) is 0. The number of carbonyl (C=O) groups is 1. The highest BCUT2D eigenvalue weighted by Crippen LogP contribution is 2.12. The summed E-state index contributed by atoms with van der Waals surface area (Å²) in [4.78, 5) is 15.6. The summed E-state index contributed by atoms with van der Waals surface area (Å²) in [6.07, 6.45) is 3.05. The molecule has 0 aliphatic carbocycles. The van der Waals surface area contributed by atoms with Gasteiger partial charge in [-0.1, -0.05) is 12.1 Å². The fourth-order valence-corrected chi connectivity index (χ4v) is 1.98. The predicted octanol–water partition coefficient (Wildman–Crippen LogP) is 1.58. The minimum Gasteiger partial charge on any atom is -0.366 e. The molecule has 3 aromatic rings. The van der Waals surface area contributed by atoms with Gasteiger partial charge in [-0.2, -0.15) is 5.10 Å². The summed E-state index contributed by atoms with van der Waals surface area (Å²) >= 11 is 0. The molecule has 0 spiro atoms. The first-order chi connectivity index (χ1) is 10.1. The van der Waals surface area contributed by atoms with E-state index in [9.17, 15) is 9.18 Å². The Morgan fingerprint density at radius 3 is 3.00 bits per heavy atom. The Hall–Kier alpha value is -2.96. The molecule has 0 unspecified atom stereocenters. The van der Waals surface area contributed by atoms with Crippen LogP contribution in [0.2, 0.25) is 0 Å². The van der Waals surface area contributed by atoms with Crippen LogP contribution in [0.15, 0.2) is 42.7 Å². The van der Waals surface area contributed by atoms with Gasteiger partial charge in [-0.05, 0) is 23.8 Å². The second-order valence-electron chi connectivity index (χ2n) is 4.49.